The lowest BCUT2D eigenvalue weighted by molar-refractivity contribution is 0.232. The van der Waals surface area contributed by atoms with E-state index in [1.807, 2.05) is 18.2 Å². The Kier molecular flexibility index (Phi) is 3.04. The molecule has 0 bridgehead atoms. The van der Waals surface area contributed by atoms with Crippen molar-refractivity contribution in [3.05, 3.63) is 64.1 Å². The summed E-state index contributed by atoms with van der Waals surface area (Å²) in [7, 11) is 1.67. The maximum atomic E-state index is 12.6. The van der Waals surface area contributed by atoms with Gasteiger partial charge >= 0.3 is 6.03 Å². The number of nitrogens with one attached hydrogen (secondary N) is 1. The van der Waals surface area contributed by atoms with E-state index in [1.54, 1.807) is 25.4 Å². The Morgan fingerprint density at radius 3 is 2.91 bits per heavy atom. The van der Waals surface area contributed by atoms with Crippen molar-refractivity contribution in [2.24, 2.45) is 7.05 Å². The number of benzene rings is 1. The molecule has 116 valence electrons. The Bertz CT molecular complexity index is 970. The lowest BCUT2D eigenvalue weighted by Gasteiger charge is -2.15. The molecule has 2 heterocycles. The molecule has 1 aliphatic rings. The van der Waals surface area contributed by atoms with Crippen LogP contribution in [0, 0.1) is 0 Å². The zero-order valence-corrected chi connectivity index (χ0v) is 12.7. The SMILES string of the molecule is Cn1c2ncccc2c(=O)n1C(=O)N[C@@H]1CCc2ccccc21. The fourth-order valence-electron chi connectivity index (χ4n) is 3.31. The molecule has 1 atom stereocenters. The first-order chi connectivity index (χ1) is 11.2. The van der Waals surface area contributed by atoms with Gasteiger partial charge in [-0.05, 0) is 36.1 Å². The monoisotopic (exact) mass is 308 g/mol. The maximum Gasteiger partial charge on any atom is 0.344 e. The number of carbonyl (C=O) groups is 1. The van der Waals surface area contributed by atoms with E-state index in [1.165, 1.54) is 10.2 Å². The van der Waals surface area contributed by atoms with Crippen molar-refractivity contribution in [1.29, 1.82) is 0 Å². The molecule has 1 aromatic carbocycles. The Morgan fingerprint density at radius 1 is 1.26 bits per heavy atom. The van der Waals surface area contributed by atoms with Crippen LogP contribution in [0.4, 0.5) is 4.79 Å². The lowest BCUT2D eigenvalue weighted by Crippen LogP contribution is -2.39. The minimum atomic E-state index is -0.419. The summed E-state index contributed by atoms with van der Waals surface area (Å²) in [6.07, 6.45) is 3.39. The third-order valence-electron chi connectivity index (χ3n) is 4.44. The van der Waals surface area contributed by atoms with Gasteiger partial charge in [0.2, 0.25) is 0 Å². The summed E-state index contributed by atoms with van der Waals surface area (Å²) in [6, 6.07) is 11.0. The molecule has 1 N–H and O–H groups in total. The van der Waals surface area contributed by atoms with Crippen molar-refractivity contribution in [3.63, 3.8) is 0 Å². The van der Waals surface area contributed by atoms with E-state index in [0.717, 1.165) is 23.1 Å². The molecule has 3 aromatic rings. The van der Waals surface area contributed by atoms with Gasteiger partial charge in [-0.15, -0.1) is 0 Å². The summed E-state index contributed by atoms with van der Waals surface area (Å²) in [5.74, 6) is 0. The number of pyridine rings is 1. The average Bonchev–Trinajstić information content (AvgIpc) is 3.08. The average molecular weight is 308 g/mol. The number of hydrogen-bond acceptors (Lipinski definition) is 3. The molecule has 6 nitrogen and oxygen atoms in total. The van der Waals surface area contributed by atoms with Crippen LogP contribution in [0.3, 0.4) is 0 Å². The predicted molar refractivity (Wildman–Crippen MR) is 86.4 cm³/mol. The molecule has 0 fully saturated rings. The molecule has 1 aliphatic carbocycles. The molecule has 1 amide bonds. The Labute approximate surface area is 132 Å². The highest BCUT2D eigenvalue weighted by molar-refractivity contribution is 5.83. The van der Waals surface area contributed by atoms with E-state index >= 15 is 0 Å². The largest absolute Gasteiger partial charge is 0.344 e. The van der Waals surface area contributed by atoms with Crippen LogP contribution in [0.1, 0.15) is 23.6 Å². The molecule has 2 aromatic heterocycles. The van der Waals surface area contributed by atoms with E-state index < -0.39 is 6.03 Å². The topological polar surface area (TPSA) is 68.9 Å². The first kappa shape index (κ1) is 13.8. The zero-order chi connectivity index (χ0) is 16.0. The van der Waals surface area contributed by atoms with Crippen LogP contribution in [0.15, 0.2) is 47.4 Å². The van der Waals surface area contributed by atoms with Crippen LogP contribution in [-0.2, 0) is 13.5 Å². The normalized spacial score (nSPS) is 16.5. The van der Waals surface area contributed by atoms with Crippen LogP contribution < -0.4 is 10.9 Å². The van der Waals surface area contributed by atoms with Gasteiger partial charge in [0, 0.05) is 13.2 Å². The van der Waals surface area contributed by atoms with Crippen LogP contribution in [-0.4, -0.2) is 20.4 Å². The highest BCUT2D eigenvalue weighted by atomic mass is 16.2. The van der Waals surface area contributed by atoms with E-state index in [2.05, 4.69) is 16.4 Å². The first-order valence-electron chi connectivity index (χ1n) is 7.58. The van der Waals surface area contributed by atoms with Crippen molar-refractivity contribution < 1.29 is 4.79 Å². The maximum absolute atomic E-state index is 12.6. The van der Waals surface area contributed by atoms with Crippen molar-refractivity contribution in [2.75, 3.05) is 0 Å². The summed E-state index contributed by atoms with van der Waals surface area (Å²) in [5.41, 5.74) is 2.54. The van der Waals surface area contributed by atoms with Crippen LogP contribution in [0.5, 0.6) is 0 Å². The van der Waals surface area contributed by atoms with Crippen molar-refractivity contribution in [1.82, 2.24) is 19.7 Å². The Balaban J connectivity index is 1.70. The molecule has 0 unspecified atom stereocenters. The number of hydrogen-bond donors (Lipinski definition) is 1. The van der Waals surface area contributed by atoms with Gasteiger partial charge in [-0.2, -0.15) is 4.68 Å². The molecule has 0 aliphatic heterocycles. The molecule has 0 saturated carbocycles. The number of carbonyl (C=O) groups excluding carboxylic acids is 1. The summed E-state index contributed by atoms with van der Waals surface area (Å²) >= 11 is 0. The van der Waals surface area contributed by atoms with E-state index in [-0.39, 0.29) is 11.6 Å². The number of aryl methyl sites for hydroxylation is 2. The number of nitrogens with zero attached hydrogens (tertiary/aromatic N) is 3. The fraction of sp³-hybridized carbons (Fsp3) is 0.235. The van der Waals surface area contributed by atoms with Gasteiger partial charge in [0.15, 0.2) is 5.65 Å². The van der Waals surface area contributed by atoms with Crippen LogP contribution in [0.2, 0.25) is 0 Å². The number of rotatable bonds is 1. The lowest BCUT2D eigenvalue weighted by atomic mass is 10.1. The highest BCUT2D eigenvalue weighted by Crippen LogP contribution is 2.30. The fourth-order valence-corrected chi connectivity index (χ4v) is 3.31. The quantitative estimate of drug-likeness (QED) is 0.747. The molecule has 23 heavy (non-hydrogen) atoms. The molecule has 0 radical (unpaired) electrons. The minimum Gasteiger partial charge on any atom is -0.329 e. The molecule has 4 rings (SSSR count). The summed E-state index contributed by atoms with van der Waals surface area (Å²) < 4.78 is 2.60. The predicted octanol–water partition coefficient (Wildman–Crippen LogP) is 1.98. The number of fused-ring (bicyclic) bond motifs is 2. The van der Waals surface area contributed by atoms with E-state index in [9.17, 15) is 9.59 Å². The standard InChI is InChI=1S/C17H16N4O2/c1-20-15-13(7-4-10-18-15)16(22)21(20)17(23)19-14-9-8-11-5-2-3-6-12(11)14/h2-7,10,14H,8-9H2,1H3,(H,19,23)/t14-/m1/s1. The summed E-state index contributed by atoms with van der Waals surface area (Å²) in [6.45, 7) is 0. The summed E-state index contributed by atoms with van der Waals surface area (Å²) in [5, 5.41) is 3.41. The minimum absolute atomic E-state index is 0.0587. The summed E-state index contributed by atoms with van der Waals surface area (Å²) in [4.78, 5) is 29.3. The molecular weight excluding hydrogens is 292 g/mol. The van der Waals surface area contributed by atoms with E-state index in [0.29, 0.717) is 11.0 Å². The second-order valence-corrected chi connectivity index (χ2v) is 5.75. The zero-order valence-electron chi connectivity index (χ0n) is 12.7. The van der Waals surface area contributed by atoms with Gasteiger partial charge in [-0.3, -0.25) is 9.48 Å². The van der Waals surface area contributed by atoms with Crippen molar-refractivity contribution in [2.45, 2.75) is 18.9 Å². The second kappa shape index (κ2) is 5.08. The van der Waals surface area contributed by atoms with Gasteiger partial charge in [0.1, 0.15) is 0 Å². The second-order valence-electron chi connectivity index (χ2n) is 5.75. The molecule has 6 heteroatoms. The van der Waals surface area contributed by atoms with Gasteiger partial charge in [0.25, 0.3) is 5.56 Å². The number of amides is 1. The van der Waals surface area contributed by atoms with E-state index in [4.69, 9.17) is 0 Å². The molecule has 0 saturated heterocycles. The molecular formula is C17H16N4O2. The molecule has 0 spiro atoms. The highest BCUT2D eigenvalue weighted by Gasteiger charge is 2.25. The third-order valence-corrected chi connectivity index (χ3v) is 4.44. The van der Waals surface area contributed by atoms with Gasteiger partial charge in [-0.25, -0.2) is 9.78 Å². The Hall–Kier alpha value is -2.89. The first-order valence-corrected chi connectivity index (χ1v) is 7.58. The Morgan fingerprint density at radius 2 is 2.09 bits per heavy atom. The van der Waals surface area contributed by atoms with Crippen molar-refractivity contribution >= 4 is 17.1 Å². The van der Waals surface area contributed by atoms with Gasteiger partial charge < -0.3 is 5.32 Å². The van der Waals surface area contributed by atoms with Gasteiger partial charge in [0.05, 0.1) is 11.4 Å². The third kappa shape index (κ3) is 2.06. The van der Waals surface area contributed by atoms with Crippen LogP contribution in [0.25, 0.3) is 11.0 Å². The van der Waals surface area contributed by atoms with Crippen LogP contribution >= 0.6 is 0 Å². The number of aromatic nitrogens is 3. The van der Waals surface area contributed by atoms with Gasteiger partial charge in [-0.1, -0.05) is 24.3 Å². The van der Waals surface area contributed by atoms with Crippen molar-refractivity contribution in [3.8, 4) is 0 Å². The smallest absolute Gasteiger partial charge is 0.329 e.